The monoisotopic (exact) mass is 175 g/mol. The zero-order chi connectivity index (χ0) is 9.42. The van der Waals surface area contributed by atoms with Crippen LogP contribution in [0.15, 0.2) is 18.2 Å². The van der Waals surface area contributed by atoms with Crippen LogP contribution in [-0.4, -0.2) is 12.1 Å². The van der Waals surface area contributed by atoms with Gasteiger partial charge in [-0.15, -0.1) is 0 Å². The van der Waals surface area contributed by atoms with E-state index in [1.807, 2.05) is 12.1 Å². The van der Waals surface area contributed by atoms with Crippen LogP contribution in [-0.2, 0) is 0 Å². The molecule has 0 unspecified atom stereocenters. The molecule has 0 spiro atoms. The van der Waals surface area contributed by atoms with Crippen molar-refractivity contribution >= 4 is 10.9 Å². The van der Waals surface area contributed by atoms with Gasteiger partial charge in [0.15, 0.2) is 0 Å². The first-order chi connectivity index (χ1) is 6.24. The Hall–Kier alpha value is -1.44. The lowest BCUT2D eigenvalue weighted by molar-refractivity contribution is 0.419. The summed E-state index contributed by atoms with van der Waals surface area (Å²) in [5.74, 6) is 0.911. The lowest BCUT2D eigenvalue weighted by Gasteiger charge is -2.00. The molecule has 2 heteroatoms. The summed E-state index contributed by atoms with van der Waals surface area (Å²) in [6.45, 7) is 4.20. The SMILES string of the molecule is COc1cccc2c(C)c(C)[nH]c12. The van der Waals surface area contributed by atoms with Gasteiger partial charge in [0.2, 0.25) is 0 Å². The fourth-order valence-electron chi connectivity index (χ4n) is 1.63. The van der Waals surface area contributed by atoms with Gasteiger partial charge in [0.05, 0.1) is 12.6 Å². The second-order valence-corrected chi connectivity index (χ2v) is 3.26. The third-order valence-electron chi connectivity index (χ3n) is 2.53. The van der Waals surface area contributed by atoms with E-state index in [0.29, 0.717) is 0 Å². The largest absolute Gasteiger partial charge is 0.495 e. The second-order valence-electron chi connectivity index (χ2n) is 3.26. The van der Waals surface area contributed by atoms with Crippen LogP contribution in [0, 0.1) is 13.8 Å². The molecular formula is C11H13NO. The minimum atomic E-state index is 0.911. The van der Waals surface area contributed by atoms with Crippen molar-refractivity contribution < 1.29 is 4.74 Å². The van der Waals surface area contributed by atoms with Crippen LogP contribution >= 0.6 is 0 Å². The van der Waals surface area contributed by atoms with Gasteiger partial charge in [0, 0.05) is 11.1 Å². The molecule has 0 radical (unpaired) electrons. The highest BCUT2D eigenvalue weighted by Crippen LogP contribution is 2.28. The van der Waals surface area contributed by atoms with E-state index in [0.717, 1.165) is 11.3 Å². The third-order valence-corrected chi connectivity index (χ3v) is 2.53. The van der Waals surface area contributed by atoms with E-state index >= 15 is 0 Å². The molecule has 0 saturated carbocycles. The van der Waals surface area contributed by atoms with E-state index in [1.165, 1.54) is 16.6 Å². The first-order valence-electron chi connectivity index (χ1n) is 4.36. The Morgan fingerprint density at radius 1 is 1.23 bits per heavy atom. The van der Waals surface area contributed by atoms with Gasteiger partial charge in [-0.2, -0.15) is 0 Å². The molecular weight excluding hydrogens is 162 g/mol. The molecule has 1 heterocycles. The molecule has 0 aliphatic carbocycles. The average Bonchev–Trinajstić information content (AvgIpc) is 2.43. The molecule has 2 aromatic rings. The number of para-hydroxylation sites is 1. The molecule has 0 fully saturated rings. The summed E-state index contributed by atoms with van der Waals surface area (Å²) in [6, 6.07) is 6.09. The molecule has 0 aliphatic rings. The average molecular weight is 175 g/mol. The number of aromatic amines is 1. The highest BCUT2D eigenvalue weighted by molar-refractivity contribution is 5.89. The summed E-state index contributed by atoms with van der Waals surface area (Å²) >= 11 is 0. The van der Waals surface area contributed by atoms with E-state index in [1.54, 1.807) is 7.11 Å². The summed E-state index contributed by atoms with van der Waals surface area (Å²) in [6.07, 6.45) is 0. The van der Waals surface area contributed by atoms with Gasteiger partial charge in [-0.1, -0.05) is 12.1 Å². The first-order valence-corrected chi connectivity index (χ1v) is 4.36. The predicted molar refractivity (Wildman–Crippen MR) is 54.3 cm³/mol. The maximum absolute atomic E-state index is 5.26. The van der Waals surface area contributed by atoms with Crippen LogP contribution in [0.3, 0.4) is 0 Å². The Morgan fingerprint density at radius 2 is 2.00 bits per heavy atom. The minimum Gasteiger partial charge on any atom is -0.495 e. The second kappa shape index (κ2) is 2.80. The van der Waals surface area contributed by atoms with Crippen molar-refractivity contribution in [2.45, 2.75) is 13.8 Å². The quantitative estimate of drug-likeness (QED) is 0.708. The normalized spacial score (nSPS) is 10.7. The Kier molecular flexibility index (Phi) is 1.76. The van der Waals surface area contributed by atoms with Gasteiger partial charge >= 0.3 is 0 Å². The van der Waals surface area contributed by atoms with E-state index in [4.69, 9.17) is 4.74 Å². The van der Waals surface area contributed by atoms with E-state index in [2.05, 4.69) is 24.9 Å². The number of aromatic nitrogens is 1. The summed E-state index contributed by atoms with van der Waals surface area (Å²) in [5, 5.41) is 1.25. The van der Waals surface area contributed by atoms with Crippen LogP contribution in [0.4, 0.5) is 0 Å². The molecule has 68 valence electrons. The number of ether oxygens (including phenoxy) is 1. The summed E-state index contributed by atoms with van der Waals surface area (Å²) < 4.78 is 5.26. The summed E-state index contributed by atoms with van der Waals surface area (Å²) in [4.78, 5) is 3.32. The molecule has 2 nitrogen and oxygen atoms in total. The van der Waals surface area contributed by atoms with Crippen LogP contribution in [0.2, 0.25) is 0 Å². The summed E-state index contributed by atoms with van der Waals surface area (Å²) in [7, 11) is 1.69. The zero-order valence-electron chi connectivity index (χ0n) is 8.14. The molecule has 13 heavy (non-hydrogen) atoms. The number of benzene rings is 1. The molecule has 2 rings (SSSR count). The molecule has 1 aromatic carbocycles. The van der Waals surface area contributed by atoms with Gasteiger partial charge in [0.25, 0.3) is 0 Å². The minimum absolute atomic E-state index is 0.911. The van der Waals surface area contributed by atoms with Crippen LogP contribution in [0.25, 0.3) is 10.9 Å². The van der Waals surface area contributed by atoms with Gasteiger partial charge in [0.1, 0.15) is 5.75 Å². The number of methoxy groups -OCH3 is 1. The maximum Gasteiger partial charge on any atom is 0.142 e. The first kappa shape index (κ1) is 8.17. The fourth-order valence-corrected chi connectivity index (χ4v) is 1.63. The molecule has 1 aromatic heterocycles. The fraction of sp³-hybridized carbons (Fsp3) is 0.273. The standard InChI is InChI=1S/C11H13NO/c1-7-8(2)12-11-9(7)5-4-6-10(11)13-3/h4-6,12H,1-3H3. The van der Waals surface area contributed by atoms with Crippen molar-refractivity contribution in [2.24, 2.45) is 0 Å². The molecule has 0 aliphatic heterocycles. The van der Waals surface area contributed by atoms with Crippen molar-refractivity contribution in [1.82, 2.24) is 4.98 Å². The van der Waals surface area contributed by atoms with Crippen molar-refractivity contribution in [3.63, 3.8) is 0 Å². The smallest absolute Gasteiger partial charge is 0.142 e. The molecule has 1 N–H and O–H groups in total. The Bertz CT molecular complexity index is 443. The Morgan fingerprint density at radius 3 is 2.69 bits per heavy atom. The number of hydrogen-bond acceptors (Lipinski definition) is 1. The Balaban J connectivity index is 2.84. The number of nitrogens with one attached hydrogen (secondary N) is 1. The molecule has 0 bridgehead atoms. The topological polar surface area (TPSA) is 25.0 Å². The van der Waals surface area contributed by atoms with Crippen molar-refractivity contribution in [3.8, 4) is 5.75 Å². The van der Waals surface area contributed by atoms with Gasteiger partial charge < -0.3 is 9.72 Å². The lowest BCUT2D eigenvalue weighted by Crippen LogP contribution is -1.83. The Labute approximate surface area is 77.5 Å². The predicted octanol–water partition coefficient (Wildman–Crippen LogP) is 2.79. The van der Waals surface area contributed by atoms with E-state index < -0.39 is 0 Å². The van der Waals surface area contributed by atoms with Gasteiger partial charge in [-0.05, 0) is 25.5 Å². The van der Waals surface area contributed by atoms with Crippen LogP contribution in [0.1, 0.15) is 11.3 Å². The van der Waals surface area contributed by atoms with Crippen LogP contribution in [0.5, 0.6) is 5.75 Å². The number of aryl methyl sites for hydroxylation is 2. The van der Waals surface area contributed by atoms with E-state index in [-0.39, 0.29) is 0 Å². The molecule has 0 amide bonds. The lowest BCUT2D eigenvalue weighted by atomic mass is 10.1. The maximum atomic E-state index is 5.26. The number of H-pyrrole nitrogens is 1. The molecule has 0 saturated heterocycles. The van der Waals surface area contributed by atoms with Gasteiger partial charge in [-0.25, -0.2) is 0 Å². The van der Waals surface area contributed by atoms with Crippen LogP contribution < -0.4 is 4.74 Å². The zero-order valence-corrected chi connectivity index (χ0v) is 8.14. The number of fused-ring (bicyclic) bond motifs is 1. The summed E-state index contributed by atoms with van der Waals surface area (Å²) in [5.41, 5.74) is 3.61. The third kappa shape index (κ3) is 1.10. The van der Waals surface area contributed by atoms with E-state index in [9.17, 15) is 0 Å². The number of hydrogen-bond donors (Lipinski definition) is 1. The van der Waals surface area contributed by atoms with Crippen molar-refractivity contribution in [2.75, 3.05) is 7.11 Å². The van der Waals surface area contributed by atoms with Gasteiger partial charge in [-0.3, -0.25) is 0 Å². The van der Waals surface area contributed by atoms with Crippen molar-refractivity contribution in [3.05, 3.63) is 29.5 Å². The highest BCUT2D eigenvalue weighted by Gasteiger charge is 2.06. The van der Waals surface area contributed by atoms with Crippen molar-refractivity contribution in [1.29, 1.82) is 0 Å². The number of rotatable bonds is 1. The molecule has 0 atom stereocenters. The highest BCUT2D eigenvalue weighted by atomic mass is 16.5.